The van der Waals surface area contributed by atoms with Gasteiger partial charge in [0.2, 0.25) is 0 Å². The summed E-state index contributed by atoms with van der Waals surface area (Å²) in [5.41, 5.74) is -0.556. The highest BCUT2D eigenvalue weighted by Gasteiger charge is 2.34. The summed E-state index contributed by atoms with van der Waals surface area (Å²) >= 11 is 0. The van der Waals surface area contributed by atoms with E-state index in [0.717, 1.165) is 32.5 Å². The van der Waals surface area contributed by atoms with Gasteiger partial charge in [0.1, 0.15) is 5.54 Å². The second kappa shape index (κ2) is 5.83. The van der Waals surface area contributed by atoms with Crippen LogP contribution in [0.1, 0.15) is 19.8 Å². The highest BCUT2D eigenvalue weighted by Crippen LogP contribution is 2.21. The molecule has 0 bridgehead atoms. The van der Waals surface area contributed by atoms with E-state index in [0.29, 0.717) is 0 Å². The number of piperidine rings is 1. The number of likely N-dealkylation sites (tertiary alicyclic amines) is 1. The summed E-state index contributed by atoms with van der Waals surface area (Å²) in [6, 6.07) is 2.30. The van der Waals surface area contributed by atoms with Crippen LogP contribution >= 0.6 is 0 Å². The van der Waals surface area contributed by atoms with Crippen molar-refractivity contribution in [1.82, 2.24) is 10.2 Å². The zero-order valence-corrected chi connectivity index (χ0v) is 9.95. The van der Waals surface area contributed by atoms with Crippen LogP contribution in [0.25, 0.3) is 0 Å². The van der Waals surface area contributed by atoms with Gasteiger partial charge in [-0.1, -0.05) is 6.92 Å². The first-order valence-corrected chi connectivity index (χ1v) is 5.61. The maximum absolute atomic E-state index is 11.0. The summed E-state index contributed by atoms with van der Waals surface area (Å²) in [4.78, 5) is 13.3. The zero-order valence-electron chi connectivity index (χ0n) is 9.95. The lowest BCUT2D eigenvalue weighted by Crippen LogP contribution is -2.53. The molecule has 1 saturated heterocycles. The Labute approximate surface area is 96.4 Å². The van der Waals surface area contributed by atoms with Gasteiger partial charge in [0.25, 0.3) is 0 Å². The number of esters is 1. The van der Waals surface area contributed by atoms with Gasteiger partial charge in [0, 0.05) is 13.1 Å². The Morgan fingerprint density at radius 3 is 2.62 bits per heavy atom. The molecule has 1 N–H and O–H groups in total. The third-order valence-electron chi connectivity index (χ3n) is 3.17. The molecule has 0 atom stereocenters. The van der Waals surface area contributed by atoms with Gasteiger partial charge in [-0.3, -0.25) is 10.1 Å². The first kappa shape index (κ1) is 12.9. The first-order valence-electron chi connectivity index (χ1n) is 5.61. The van der Waals surface area contributed by atoms with Gasteiger partial charge in [0.05, 0.1) is 19.7 Å². The van der Waals surface area contributed by atoms with E-state index in [9.17, 15) is 10.1 Å². The van der Waals surface area contributed by atoms with Gasteiger partial charge >= 0.3 is 5.97 Å². The Hall–Kier alpha value is -1.12. The molecule has 0 spiro atoms. The fraction of sp³-hybridized carbons (Fsp3) is 0.818. The van der Waals surface area contributed by atoms with Crippen LogP contribution in [0.2, 0.25) is 0 Å². The lowest BCUT2D eigenvalue weighted by molar-refractivity contribution is -0.139. The zero-order chi connectivity index (χ0) is 12.0. The fourth-order valence-corrected chi connectivity index (χ4v) is 1.89. The quantitative estimate of drug-likeness (QED) is 0.689. The molecule has 0 aromatic heterocycles. The number of nitriles is 1. The van der Waals surface area contributed by atoms with Crippen LogP contribution in [0.15, 0.2) is 0 Å². The maximum atomic E-state index is 11.0. The van der Waals surface area contributed by atoms with Crippen molar-refractivity contribution in [2.24, 2.45) is 0 Å². The summed E-state index contributed by atoms with van der Waals surface area (Å²) in [5, 5.41) is 12.2. The predicted octanol–water partition coefficient (Wildman–Crippen LogP) is 0.127. The van der Waals surface area contributed by atoms with E-state index in [4.69, 9.17) is 0 Å². The summed E-state index contributed by atoms with van der Waals surface area (Å²) < 4.78 is 4.55. The van der Waals surface area contributed by atoms with E-state index in [1.54, 1.807) is 0 Å². The monoisotopic (exact) mass is 225 g/mol. The molecule has 5 heteroatoms. The van der Waals surface area contributed by atoms with Gasteiger partial charge in [0.15, 0.2) is 0 Å². The number of nitrogens with one attached hydrogen (secondary N) is 1. The standard InChI is InChI=1S/C11H19N3O2/c1-3-14-6-4-11(9-12,5-7-14)13-8-10(15)16-2/h13H,3-8H2,1-2H3. The minimum atomic E-state index is -0.556. The minimum absolute atomic E-state index is 0.107. The van der Waals surface area contributed by atoms with Crippen molar-refractivity contribution in [2.45, 2.75) is 25.3 Å². The lowest BCUT2D eigenvalue weighted by Gasteiger charge is -2.37. The number of carbonyl (C=O) groups is 1. The Morgan fingerprint density at radius 1 is 1.56 bits per heavy atom. The Morgan fingerprint density at radius 2 is 2.19 bits per heavy atom. The van der Waals surface area contributed by atoms with E-state index in [1.807, 2.05) is 0 Å². The lowest BCUT2D eigenvalue weighted by atomic mass is 9.89. The van der Waals surface area contributed by atoms with Crippen molar-refractivity contribution >= 4 is 5.97 Å². The third kappa shape index (κ3) is 3.19. The van der Waals surface area contributed by atoms with E-state index in [2.05, 4.69) is 27.9 Å². The molecule has 1 rings (SSSR count). The van der Waals surface area contributed by atoms with Crippen LogP contribution in [0.3, 0.4) is 0 Å². The molecule has 90 valence electrons. The van der Waals surface area contributed by atoms with Crippen LogP contribution < -0.4 is 5.32 Å². The molecule has 0 radical (unpaired) electrons. The van der Waals surface area contributed by atoms with Gasteiger partial charge in [-0.2, -0.15) is 5.26 Å². The first-order chi connectivity index (χ1) is 7.65. The van der Waals surface area contributed by atoms with Gasteiger partial charge < -0.3 is 9.64 Å². The van der Waals surface area contributed by atoms with E-state index >= 15 is 0 Å². The summed E-state index contributed by atoms with van der Waals surface area (Å²) in [5.74, 6) is -0.326. The smallest absolute Gasteiger partial charge is 0.319 e. The molecule has 0 aromatic rings. The van der Waals surface area contributed by atoms with Crippen molar-refractivity contribution in [2.75, 3.05) is 33.3 Å². The van der Waals surface area contributed by atoms with Crippen molar-refractivity contribution in [3.05, 3.63) is 0 Å². The van der Waals surface area contributed by atoms with Crippen LogP contribution in [-0.2, 0) is 9.53 Å². The molecule has 1 fully saturated rings. The molecule has 0 unspecified atom stereocenters. The Kier molecular flexibility index (Phi) is 4.71. The minimum Gasteiger partial charge on any atom is -0.468 e. The Balaban J connectivity index is 2.47. The molecule has 1 aliphatic rings. The number of nitrogens with zero attached hydrogens (tertiary/aromatic N) is 2. The normalized spacial score (nSPS) is 20.1. The molecule has 0 saturated carbocycles. The molecule has 0 amide bonds. The number of ether oxygens (including phenoxy) is 1. The van der Waals surface area contributed by atoms with Gasteiger partial charge in [-0.25, -0.2) is 0 Å². The molecule has 0 aliphatic carbocycles. The average Bonchev–Trinajstić information content (AvgIpc) is 2.36. The van der Waals surface area contributed by atoms with Crippen LogP contribution in [-0.4, -0.2) is 49.7 Å². The second-order valence-corrected chi connectivity index (χ2v) is 4.06. The molecular weight excluding hydrogens is 206 g/mol. The number of rotatable bonds is 4. The average molecular weight is 225 g/mol. The molecule has 1 aliphatic heterocycles. The Bertz CT molecular complexity index is 277. The maximum Gasteiger partial charge on any atom is 0.319 e. The SMILES string of the molecule is CCN1CCC(C#N)(NCC(=O)OC)CC1. The summed E-state index contributed by atoms with van der Waals surface area (Å²) in [6.07, 6.45) is 1.52. The fourth-order valence-electron chi connectivity index (χ4n) is 1.89. The number of hydrogen-bond donors (Lipinski definition) is 1. The molecule has 5 nitrogen and oxygen atoms in total. The summed E-state index contributed by atoms with van der Waals surface area (Å²) in [6.45, 7) is 5.03. The number of methoxy groups -OCH3 is 1. The number of hydrogen-bond acceptors (Lipinski definition) is 5. The van der Waals surface area contributed by atoms with E-state index in [-0.39, 0.29) is 12.5 Å². The molecule has 1 heterocycles. The molecule has 0 aromatic carbocycles. The highest BCUT2D eigenvalue weighted by atomic mass is 16.5. The van der Waals surface area contributed by atoms with Crippen molar-refractivity contribution in [3.63, 3.8) is 0 Å². The largest absolute Gasteiger partial charge is 0.468 e. The molecular formula is C11H19N3O2. The van der Waals surface area contributed by atoms with E-state index < -0.39 is 5.54 Å². The third-order valence-corrected chi connectivity index (χ3v) is 3.17. The second-order valence-electron chi connectivity index (χ2n) is 4.06. The summed E-state index contributed by atoms with van der Waals surface area (Å²) in [7, 11) is 1.35. The number of carbonyl (C=O) groups excluding carboxylic acids is 1. The van der Waals surface area contributed by atoms with Crippen molar-refractivity contribution in [3.8, 4) is 6.07 Å². The van der Waals surface area contributed by atoms with E-state index in [1.165, 1.54) is 7.11 Å². The topological polar surface area (TPSA) is 65.4 Å². The van der Waals surface area contributed by atoms with Gasteiger partial charge in [-0.15, -0.1) is 0 Å². The van der Waals surface area contributed by atoms with Crippen LogP contribution in [0.4, 0.5) is 0 Å². The molecule has 16 heavy (non-hydrogen) atoms. The van der Waals surface area contributed by atoms with Crippen molar-refractivity contribution < 1.29 is 9.53 Å². The predicted molar refractivity (Wildman–Crippen MR) is 59.7 cm³/mol. The van der Waals surface area contributed by atoms with Gasteiger partial charge in [-0.05, 0) is 19.4 Å². The highest BCUT2D eigenvalue weighted by molar-refractivity contribution is 5.71. The van der Waals surface area contributed by atoms with Crippen LogP contribution in [0.5, 0.6) is 0 Å². The van der Waals surface area contributed by atoms with Crippen LogP contribution in [0, 0.1) is 11.3 Å². The van der Waals surface area contributed by atoms with Crippen molar-refractivity contribution in [1.29, 1.82) is 5.26 Å².